The number of amides is 1. The lowest BCUT2D eigenvalue weighted by atomic mass is 9.87. The Labute approximate surface area is 101 Å². The summed E-state index contributed by atoms with van der Waals surface area (Å²) < 4.78 is 4.49. The second-order valence-electron chi connectivity index (χ2n) is 4.34. The lowest BCUT2D eigenvalue weighted by Gasteiger charge is -2.18. The molecule has 0 bridgehead atoms. The molecule has 0 heterocycles. The Morgan fingerprint density at radius 1 is 1.41 bits per heavy atom. The van der Waals surface area contributed by atoms with Crippen molar-refractivity contribution in [2.24, 2.45) is 5.41 Å². The van der Waals surface area contributed by atoms with Gasteiger partial charge in [0.25, 0.3) is 0 Å². The third-order valence-electron chi connectivity index (χ3n) is 3.18. The molecule has 0 aromatic rings. The molecule has 0 unspecified atom stereocenters. The van der Waals surface area contributed by atoms with Crippen molar-refractivity contribution in [3.8, 4) is 6.07 Å². The summed E-state index contributed by atoms with van der Waals surface area (Å²) in [6.07, 6.45) is 3.99. The summed E-state index contributed by atoms with van der Waals surface area (Å²) >= 11 is 0. The molecule has 1 N–H and O–H groups in total. The summed E-state index contributed by atoms with van der Waals surface area (Å²) in [6.45, 7) is 0.414. The number of ether oxygens (including phenoxy) is 1. The van der Waals surface area contributed by atoms with Gasteiger partial charge in [0.15, 0.2) is 0 Å². The molecule has 0 spiro atoms. The lowest BCUT2D eigenvalue weighted by Crippen LogP contribution is -2.38. The first kappa shape index (κ1) is 13.5. The van der Waals surface area contributed by atoms with Crippen LogP contribution in [0.3, 0.4) is 0 Å². The van der Waals surface area contributed by atoms with E-state index in [1.165, 1.54) is 7.11 Å². The fourth-order valence-electron chi connectivity index (χ4n) is 2.07. The van der Waals surface area contributed by atoms with Gasteiger partial charge in [0.2, 0.25) is 5.91 Å². The molecule has 0 aromatic heterocycles. The quantitative estimate of drug-likeness (QED) is 0.575. The second kappa shape index (κ2) is 6.24. The molecule has 5 nitrogen and oxygen atoms in total. The van der Waals surface area contributed by atoms with E-state index in [2.05, 4.69) is 16.1 Å². The van der Waals surface area contributed by atoms with E-state index in [0.29, 0.717) is 25.8 Å². The molecule has 1 rings (SSSR count). The molecular formula is C12H18N2O3. The fraction of sp³-hybridized carbons (Fsp3) is 0.750. The largest absolute Gasteiger partial charge is 0.469 e. The first-order chi connectivity index (χ1) is 8.14. The highest BCUT2D eigenvalue weighted by Gasteiger charge is 2.41. The van der Waals surface area contributed by atoms with Crippen LogP contribution >= 0.6 is 0 Å². The second-order valence-corrected chi connectivity index (χ2v) is 4.34. The van der Waals surface area contributed by atoms with Crippen LogP contribution in [0.5, 0.6) is 0 Å². The van der Waals surface area contributed by atoms with Crippen molar-refractivity contribution in [3.05, 3.63) is 0 Å². The minimum atomic E-state index is -0.828. The Balaban J connectivity index is 2.30. The molecule has 1 amide bonds. The van der Waals surface area contributed by atoms with E-state index in [1.54, 1.807) is 0 Å². The molecule has 1 aliphatic rings. The molecule has 0 aliphatic heterocycles. The van der Waals surface area contributed by atoms with Gasteiger partial charge >= 0.3 is 5.97 Å². The van der Waals surface area contributed by atoms with Crippen LogP contribution in [0, 0.1) is 16.7 Å². The van der Waals surface area contributed by atoms with Gasteiger partial charge in [-0.15, -0.1) is 0 Å². The van der Waals surface area contributed by atoms with Gasteiger partial charge in [-0.3, -0.25) is 9.59 Å². The predicted octanol–water partition coefficient (Wildman–Crippen LogP) is 1.14. The van der Waals surface area contributed by atoms with Gasteiger partial charge < -0.3 is 10.1 Å². The zero-order valence-electron chi connectivity index (χ0n) is 10.1. The van der Waals surface area contributed by atoms with Crippen molar-refractivity contribution < 1.29 is 14.3 Å². The zero-order valence-corrected chi connectivity index (χ0v) is 10.1. The number of methoxy groups -OCH3 is 1. The van der Waals surface area contributed by atoms with Crippen LogP contribution < -0.4 is 5.32 Å². The minimum Gasteiger partial charge on any atom is -0.469 e. The van der Waals surface area contributed by atoms with E-state index in [1.807, 2.05) is 0 Å². The van der Waals surface area contributed by atoms with Crippen molar-refractivity contribution in [3.63, 3.8) is 0 Å². The number of nitriles is 1. The smallest absolute Gasteiger partial charge is 0.305 e. The Kier molecular flexibility index (Phi) is 4.95. The van der Waals surface area contributed by atoms with E-state index in [4.69, 9.17) is 5.26 Å². The van der Waals surface area contributed by atoms with E-state index < -0.39 is 5.41 Å². The van der Waals surface area contributed by atoms with Crippen LogP contribution in [0.15, 0.2) is 0 Å². The number of carbonyl (C=O) groups excluding carboxylic acids is 2. The van der Waals surface area contributed by atoms with Crippen LogP contribution in [-0.2, 0) is 14.3 Å². The average Bonchev–Trinajstić information content (AvgIpc) is 2.83. The summed E-state index contributed by atoms with van der Waals surface area (Å²) in [5.41, 5.74) is -0.828. The highest BCUT2D eigenvalue weighted by molar-refractivity contribution is 5.85. The van der Waals surface area contributed by atoms with Crippen molar-refractivity contribution >= 4 is 11.9 Å². The van der Waals surface area contributed by atoms with Crippen LogP contribution in [0.1, 0.15) is 38.5 Å². The maximum Gasteiger partial charge on any atom is 0.305 e. The number of rotatable bonds is 5. The zero-order chi connectivity index (χ0) is 12.7. The topological polar surface area (TPSA) is 79.2 Å². The van der Waals surface area contributed by atoms with E-state index >= 15 is 0 Å². The van der Waals surface area contributed by atoms with Gasteiger partial charge in [-0.05, 0) is 19.3 Å². The van der Waals surface area contributed by atoms with Crippen LogP contribution in [0.25, 0.3) is 0 Å². The SMILES string of the molecule is COC(=O)CCCNC(=O)C1(C#N)CCCC1. The lowest BCUT2D eigenvalue weighted by molar-refractivity contribution is -0.140. The number of hydrogen-bond donors (Lipinski definition) is 1. The predicted molar refractivity (Wildman–Crippen MR) is 60.8 cm³/mol. The summed E-state index contributed by atoms with van der Waals surface area (Å²) in [5, 5.41) is 11.8. The minimum absolute atomic E-state index is 0.192. The standard InChI is InChI=1S/C12H18N2O3/c1-17-10(15)5-4-8-14-11(16)12(9-13)6-2-3-7-12/h2-8H2,1H3,(H,14,16). The molecular weight excluding hydrogens is 220 g/mol. The monoisotopic (exact) mass is 238 g/mol. The Morgan fingerprint density at radius 3 is 2.59 bits per heavy atom. The van der Waals surface area contributed by atoms with Gasteiger partial charge in [-0.25, -0.2) is 0 Å². The molecule has 1 aliphatic carbocycles. The molecule has 94 valence electrons. The summed E-state index contributed by atoms with van der Waals surface area (Å²) in [4.78, 5) is 22.7. The third kappa shape index (κ3) is 3.45. The molecule has 5 heteroatoms. The van der Waals surface area contributed by atoms with E-state index in [0.717, 1.165) is 12.8 Å². The van der Waals surface area contributed by atoms with E-state index in [-0.39, 0.29) is 18.3 Å². The maximum atomic E-state index is 11.9. The molecule has 0 atom stereocenters. The third-order valence-corrected chi connectivity index (χ3v) is 3.18. The number of esters is 1. The normalized spacial score (nSPS) is 17.2. The van der Waals surface area contributed by atoms with Crippen LogP contribution in [-0.4, -0.2) is 25.5 Å². The fourth-order valence-corrected chi connectivity index (χ4v) is 2.07. The molecule has 1 saturated carbocycles. The molecule has 17 heavy (non-hydrogen) atoms. The average molecular weight is 238 g/mol. The Morgan fingerprint density at radius 2 is 2.06 bits per heavy atom. The molecule has 0 saturated heterocycles. The van der Waals surface area contributed by atoms with Gasteiger partial charge in [-0.1, -0.05) is 12.8 Å². The number of nitrogens with zero attached hydrogens (tertiary/aromatic N) is 1. The first-order valence-electron chi connectivity index (χ1n) is 5.91. The first-order valence-corrected chi connectivity index (χ1v) is 5.91. The summed E-state index contributed by atoms with van der Waals surface area (Å²) in [6, 6.07) is 2.13. The maximum absolute atomic E-state index is 11.9. The molecule has 0 aromatic carbocycles. The van der Waals surface area contributed by atoms with Crippen molar-refractivity contribution in [2.45, 2.75) is 38.5 Å². The van der Waals surface area contributed by atoms with Crippen LogP contribution in [0.2, 0.25) is 0 Å². The Bertz CT molecular complexity index is 327. The summed E-state index contributed by atoms with van der Waals surface area (Å²) in [7, 11) is 1.34. The number of nitrogens with one attached hydrogen (secondary N) is 1. The van der Waals surface area contributed by atoms with Crippen LogP contribution in [0.4, 0.5) is 0 Å². The summed E-state index contributed by atoms with van der Waals surface area (Å²) in [5.74, 6) is -0.475. The van der Waals surface area contributed by atoms with Gasteiger partial charge in [-0.2, -0.15) is 5.26 Å². The number of hydrogen-bond acceptors (Lipinski definition) is 4. The van der Waals surface area contributed by atoms with Gasteiger partial charge in [0.05, 0.1) is 13.2 Å². The van der Waals surface area contributed by atoms with Gasteiger partial charge in [0.1, 0.15) is 5.41 Å². The Hall–Kier alpha value is -1.57. The van der Waals surface area contributed by atoms with Crippen molar-refractivity contribution in [2.75, 3.05) is 13.7 Å². The highest BCUT2D eigenvalue weighted by atomic mass is 16.5. The van der Waals surface area contributed by atoms with Gasteiger partial charge in [0, 0.05) is 13.0 Å². The van der Waals surface area contributed by atoms with E-state index in [9.17, 15) is 9.59 Å². The number of carbonyl (C=O) groups is 2. The van der Waals surface area contributed by atoms with Crippen molar-refractivity contribution in [1.82, 2.24) is 5.32 Å². The molecule has 0 radical (unpaired) electrons. The van der Waals surface area contributed by atoms with Crippen molar-refractivity contribution in [1.29, 1.82) is 5.26 Å². The molecule has 1 fully saturated rings. The highest BCUT2D eigenvalue weighted by Crippen LogP contribution is 2.37.